The average Bonchev–Trinajstić information content (AvgIpc) is 2.14. The molecule has 0 aliphatic rings. The summed E-state index contributed by atoms with van der Waals surface area (Å²) in [5, 5.41) is 0. The minimum atomic E-state index is -0.193. The van der Waals surface area contributed by atoms with Crippen molar-refractivity contribution in [3.63, 3.8) is 0 Å². The zero-order chi connectivity index (χ0) is 11.6. The van der Waals surface area contributed by atoms with Crippen LogP contribution in [0.3, 0.4) is 0 Å². The van der Waals surface area contributed by atoms with Crippen molar-refractivity contribution in [3.05, 3.63) is 27.9 Å². The van der Waals surface area contributed by atoms with Crippen LogP contribution in [0.1, 0.15) is 46.0 Å². The summed E-state index contributed by atoms with van der Waals surface area (Å²) in [5.74, 6) is 0. The van der Waals surface area contributed by atoms with Gasteiger partial charge in [-0.15, -0.1) is 0 Å². The van der Waals surface area contributed by atoms with E-state index in [1.54, 1.807) is 4.57 Å². The van der Waals surface area contributed by atoms with E-state index < -0.39 is 0 Å². The van der Waals surface area contributed by atoms with E-state index in [0.717, 1.165) is 24.2 Å². The average molecular weight is 208 g/mol. The van der Waals surface area contributed by atoms with Gasteiger partial charge in [0.15, 0.2) is 0 Å². The minimum Gasteiger partial charge on any atom is -0.291 e. The van der Waals surface area contributed by atoms with Crippen LogP contribution in [0.5, 0.6) is 0 Å². The lowest BCUT2D eigenvalue weighted by molar-refractivity contribution is 0.364. The summed E-state index contributed by atoms with van der Waals surface area (Å²) in [6.45, 7) is 10.2. The fourth-order valence-electron chi connectivity index (χ4n) is 1.74. The summed E-state index contributed by atoms with van der Waals surface area (Å²) in [7, 11) is 0. The lowest BCUT2D eigenvalue weighted by Crippen LogP contribution is -2.38. The first-order chi connectivity index (χ1) is 6.90. The number of aromatic nitrogens is 2. The maximum atomic E-state index is 11.9. The maximum absolute atomic E-state index is 11.9. The number of rotatable bonds is 2. The molecule has 0 unspecified atom stereocenters. The maximum Gasteiger partial charge on any atom is 0.348 e. The van der Waals surface area contributed by atoms with Gasteiger partial charge in [0, 0.05) is 16.9 Å². The standard InChI is InChI=1S/C12H20N2O/c1-6-9-8-10(7-2)14(11(15)13-9)12(3,4)5/h8H,6-7H2,1-5H3. The van der Waals surface area contributed by atoms with Gasteiger partial charge in [0.1, 0.15) is 0 Å². The smallest absolute Gasteiger partial charge is 0.291 e. The van der Waals surface area contributed by atoms with Crippen LogP contribution in [-0.2, 0) is 18.4 Å². The van der Waals surface area contributed by atoms with E-state index in [0.29, 0.717) is 0 Å². The summed E-state index contributed by atoms with van der Waals surface area (Å²) >= 11 is 0. The number of aryl methyl sites for hydroxylation is 2. The van der Waals surface area contributed by atoms with Gasteiger partial charge in [-0.2, -0.15) is 4.98 Å². The largest absolute Gasteiger partial charge is 0.348 e. The highest BCUT2D eigenvalue weighted by Crippen LogP contribution is 2.14. The van der Waals surface area contributed by atoms with E-state index in [2.05, 4.69) is 11.9 Å². The van der Waals surface area contributed by atoms with Crippen molar-refractivity contribution < 1.29 is 0 Å². The van der Waals surface area contributed by atoms with Crippen molar-refractivity contribution in [2.75, 3.05) is 0 Å². The number of hydrogen-bond acceptors (Lipinski definition) is 2. The second-order valence-electron chi connectivity index (χ2n) is 4.73. The first kappa shape index (κ1) is 12.0. The molecule has 0 atom stereocenters. The van der Waals surface area contributed by atoms with Crippen molar-refractivity contribution in [1.82, 2.24) is 9.55 Å². The van der Waals surface area contributed by atoms with Crippen LogP contribution in [0.4, 0.5) is 0 Å². The highest BCUT2D eigenvalue weighted by Gasteiger charge is 2.18. The van der Waals surface area contributed by atoms with Gasteiger partial charge in [0.25, 0.3) is 0 Å². The molecule has 0 N–H and O–H groups in total. The molecule has 15 heavy (non-hydrogen) atoms. The third-order valence-electron chi connectivity index (χ3n) is 2.45. The van der Waals surface area contributed by atoms with Crippen LogP contribution < -0.4 is 5.69 Å². The third-order valence-corrected chi connectivity index (χ3v) is 2.45. The highest BCUT2D eigenvalue weighted by atomic mass is 16.1. The van der Waals surface area contributed by atoms with Crippen molar-refractivity contribution in [1.29, 1.82) is 0 Å². The lowest BCUT2D eigenvalue weighted by atomic mass is 10.1. The van der Waals surface area contributed by atoms with Gasteiger partial charge in [0.05, 0.1) is 0 Å². The van der Waals surface area contributed by atoms with Gasteiger partial charge in [-0.25, -0.2) is 4.79 Å². The molecule has 0 aromatic carbocycles. The zero-order valence-corrected chi connectivity index (χ0v) is 10.3. The Bertz CT molecular complexity index is 399. The second kappa shape index (κ2) is 4.17. The normalized spacial score (nSPS) is 11.8. The quantitative estimate of drug-likeness (QED) is 0.746. The number of hydrogen-bond donors (Lipinski definition) is 0. The topological polar surface area (TPSA) is 34.9 Å². The molecule has 84 valence electrons. The van der Waals surface area contributed by atoms with Gasteiger partial charge in [-0.05, 0) is 39.7 Å². The molecule has 0 saturated heterocycles. The molecule has 0 bridgehead atoms. The van der Waals surface area contributed by atoms with Crippen molar-refractivity contribution >= 4 is 0 Å². The van der Waals surface area contributed by atoms with Crippen LogP contribution in [0.2, 0.25) is 0 Å². The van der Waals surface area contributed by atoms with E-state index in [-0.39, 0.29) is 11.2 Å². The van der Waals surface area contributed by atoms with E-state index in [1.165, 1.54) is 0 Å². The monoisotopic (exact) mass is 208 g/mol. The molecule has 1 rings (SSSR count). The lowest BCUT2D eigenvalue weighted by Gasteiger charge is -2.25. The molecule has 1 aromatic heterocycles. The molecule has 0 aliphatic heterocycles. The predicted octanol–water partition coefficient (Wildman–Crippen LogP) is 2.12. The van der Waals surface area contributed by atoms with E-state index in [4.69, 9.17) is 0 Å². The van der Waals surface area contributed by atoms with Crippen molar-refractivity contribution in [3.8, 4) is 0 Å². The Kier molecular flexibility index (Phi) is 3.32. The Morgan fingerprint density at radius 1 is 1.27 bits per heavy atom. The Hall–Kier alpha value is -1.12. The van der Waals surface area contributed by atoms with E-state index in [1.807, 2.05) is 33.8 Å². The molecule has 0 radical (unpaired) electrons. The molecule has 3 nitrogen and oxygen atoms in total. The Balaban J connectivity index is 3.45. The molecule has 0 aliphatic carbocycles. The molecule has 0 spiro atoms. The summed E-state index contributed by atoms with van der Waals surface area (Å²) in [5.41, 5.74) is 1.64. The summed E-state index contributed by atoms with van der Waals surface area (Å²) < 4.78 is 1.78. The van der Waals surface area contributed by atoms with Crippen molar-refractivity contribution in [2.45, 2.75) is 53.0 Å². The molecular weight excluding hydrogens is 188 g/mol. The molecule has 0 saturated carbocycles. The second-order valence-corrected chi connectivity index (χ2v) is 4.73. The first-order valence-corrected chi connectivity index (χ1v) is 5.52. The SMILES string of the molecule is CCc1cc(CC)n(C(C)(C)C)c(=O)n1. The van der Waals surface area contributed by atoms with Crippen LogP contribution in [0.15, 0.2) is 10.9 Å². The number of nitrogens with zero attached hydrogens (tertiary/aromatic N) is 2. The molecule has 0 amide bonds. The van der Waals surface area contributed by atoms with Gasteiger partial charge in [-0.1, -0.05) is 13.8 Å². The Morgan fingerprint density at radius 2 is 1.87 bits per heavy atom. The van der Waals surface area contributed by atoms with Crippen LogP contribution in [0.25, 0.3) is 0 Å². The molecular formula is C12H20N2O. The highest BCUT2D eigenvalue weighted by molar-refractivity contribution is 5.11. The fraction of sp³-hybridized carbons (Fsp3) is 0.667. The summed E-state index contributed by atoms with van der Waals surface area (Å²) in [4.78, 5) is 16.0. The molecule has 3 heteroatoms. The van der Waals surface area contributed by atoms with Crippen molar-refractivity contribution in [2.24, 2.45) is 0 Å². The fourth-order valence-corrected chi connectivity index (χ4v) is 1.74. The predicted molar refractivity (Wildman–Crippen MR) is 62.2 cm³/mol. The molecule has 1 heterocycles. The van der Waals surface area contributed by atoms with Crippen LogP contribution in [-0.4, -0.2) is 9.55 Å². The van der Waals surface area contributed by atoms with Gasteiger partial charge < -0.3 is 0 Å². The van der Waals surface area contributed by atoms with Crippen LogP contribution >= 0.6 is 0 Å². The summed E-state index contributed by atoms with van der Waals surface area (Å²) in [6, 6.07) is 2.03. The van der Waals surface area contributed by atoms with Gasteiger partial charge in [-0.3, -0.25) is 4.57 Å². The van der Waals surface area contributed by atoms with Gasteiger partial charge >= 0.3 is 5.69 Å². The van der Waals surface area contributed by atoms with Crippen LogP contribution in [0, 0.1) is 0 Å². The molecule has 0 fully saturated rings. The zero-order valence-electron chi connectivity index (χ0n) is 10.3. The third kappa shape index (κ3) is 2.46. The Labute approximate surface area is 91.2 Å². The van der Waals surface area contributed by atoms with E-state index >= 15 is 0 Å². The minimum absolute atomic E-state index is 0.126. The Morgan fingerprint density at radius 3 is 2.27 bits per heavy atom. The first-order valence-electron chi connectivity index (χ1n) is 5.52. The van der Waals surface area contributed by atoms with E-state index in [9.17, 15) is 4.79 Å². The summed E-state index contributed by atoms with van der Waals surface area (Å²) in [6.07, 6.45) is 1.68. The molecule has 1 aromatic rings. The van der Waals surface area contributed by atoms with Gasteiger partial charge in [0.2, 0.25) is 0 Å².